The van der Waals surface area contributed by atoms with E-state index < -0.39 is 21.3 Å². The van der Waals surface area contributed by atoms with Crippen LogP contribution < -0.4 is 5.32 Å². The number of rotatable bonds is 4. The van der Waals surface area contributed by atoms with Crippen molar-refractivity contribution in [3.8, 4) is 11.3 Å². The van der Waals surface area contributed by atoms with E-state index in [9.17, 15) is 13.2 Å². The Morgan fingerprint density at radius 3 is 2.52 bits per heavy atom. The average molecular weight is 360 g/mol. The Morgan fingerprint density at radius 2 is 1.92 bits per heavy atom. The Labute approximate surface area is 147 Å². The van der Waals surface area contributed by atoms with Crippen LogP contribution in [-0.4, -0.2) is 43.5 Å². The molecule has 1 amide bonds. The highest BCUT2D eigenvalue weighted by atomic mass is 32.2. The summed E-state index contributed by atoms with van der Waals surface area (Å²) in [7, 11) is -1.91. The zero-order valence-corrected chi connectivity index (χ0v) is 15.0. The van der Waals surface area contributed by atoms with Crippen LogP contribution in [0.5, 0.6) is 0 Å². The normalized spacial score (nSPS) is 21.8. The first kappa shape index (κ1) is 17.6. The summed E-state index contributed by atoms with van der Waals surface area (Å²) in [6.07, 6.45) is 0.148. The molecule has 0 radical (unpaired) electrons. The van der Waals surface area contributed by atoms with Crippen molar-refractivity contribution in [2.24, 2.45) is 0 Å². The van der Waals surface area contributed by atoms with E-state index in [4.69, 9.17) is 4.74 Å². The Balaban J connectivity index is 1.82. The van der Waals surface area contributed by atoms with Gasteiger partial charge in [0.2, 0.25) is 0 Å². The second-order valence-electron chi connectivity index (χ2n) is 6.27. The summed E-state index contributed by atoms with van der Waals surface area (Å²) < 4.78 is 28.8. The van der Waals surface area contributed by atoms with Crippen molar-refractivity contribution in [1.82, 2.24) is 4.98 Å². The van der Waals surface area contributed by atoms with Crippen LogP contribution in [0.15, 0.2) is 42.5 Å². The lowest BCUT2D eigenvalue weighted by atomic mass is 10.0. The molecule has 2 heterocycles. The van der Waals surface area contributed by atoms with Gasteiger partial charge in [0.25, 0.3) is 5.91 Å². The first-order chi connectivity index (χ1) is 11.8. The van der Waals surface area contributed by atoms with Crippen molar-refractivity contribution < 1.29 is 17.9 Å². The third-order valence-corrected chi connectivity index (χ3v) is 6.14. The van der Waals surface area contributed by atoms with Gasteiger partial charge in [-0.1, -0.05) is 35.9 Å². The number of aromatic nitrogens is 1. The largest absolute Gasteiger partial charge is 0.367 e. The van der Waals surface area contributed by atoms with Crippen LogP contribution in [0, 0.1) is 6.92 Å². The summed E-state index contributed by atoms with van der Waals surface area (Å²) in [5.41, 5.74) is 1.47. The molecule has 0 saturated carbocycles. The molecule has 1 aliphatic heterocycles. The quantitative estimate of drug-likeness (QED) is 0.903. The molecule has 1 atom stereocenters. The highest BCUT2D eigenvalue weighted by Crippen LogP contribution is 2.28. The summed E-state index contributed by atoms with van der Waals surface area (Å²) in [5.74, 6) is -0.473. The molecule has 6 nitrogen and oxygen atoms in total. The minimum atomic E-state index is -3.26. The molecule has 1 aliphatic rings. The van der Waals surface area contributed by atoms with E-state index in [-0.39, 0.29) is 17.9 Å². The topological polar surface area (TPSA) is 85.4 Å². The number of nitrogens with one attached hydrogen (secondary N) is 1. The molecule has 132 valence electrons. The molecular formula is C18H20N2O4S. The van der Waals surface area contributed by atoms with E-state index in [2.05, 4.69) is 10.3 Å². The number of sulfone groups is 1. The molecule has 2 aromatic rings. The number of carbonyl (C=O) groups is 1. The Bertz CT molecular complexity index is 894. The number of ether oxygens (including phenoxy) is 1. The fourth-order valence-corrected chi connectivity index (χ4v) is 4.76. The molecule has 1 saturated heterocycles. The number of aryl methyl sites for hydroxylation is 1. The van der Waals surface area contributed by atoms with E-state index in [0.29, 0.717) is 5.82 Å². The van der Waals surface area contributed by atoms with Gasteiger partial charge < -0.3 is 10.1 Å². The van der Waals surface area contributed by atoms with Crippen molar-refractivity contribution in [3.05, 3.63) is 48.0 Å². The predicted octanol–water partition coefficient (Wildman–Crippen LogP) is 2.20. The molecule has 1 aromatic heterocycles. The number of hydrogen-bond donors (Lipinski definition) is 1. The van der Waals surface area contributed by atoms with Gasteiger partial charge in [-0.25, -0.2) is 13.4 Å². The first-order valence-corrected chi connectivity index (χ1v) is 9.77. The number of hydrogen-bond acceptors (Lipinski definition) is 5. The number of methoxy groups -OCH3 is 1. The van der Waals surface area contributed by atoms with Gasteiger partial charge in [0.05, 0.1) is 17.2 Å². The van der Waals surface area contributed by atoms with E-state index in [1.807, 2.05) is 37.3 Å². The van der Waals surface area contributed by atoms with Crippen molar-refractivity contribution in [2.75, 3.05) is 23.9 Å². The number of anilines is 1. The second-order valence-corrected chi connectivity index (χ2v) is 8.45. The molecule has 0 aliphatic carbocycles. The minimum Gasteiger partial charge on any atom is -0.367 e. The van der Waals surface area contributed by atoms with Gasteiger partial charge in [0, 0.05) is 19.1 Å². The van der Waals surface area contributed by atoms with Crippen LogP contribution in [0.25, 0.3) is 11.3 Å². The standard InChI is InChI=1S/C18H20N2O4S/c1-13-6-8-14(9-7-13)15-4-3-5-16(19-15)20-17(21)18(24-2)10-11-25(22,23)12-18/h3-9H,10-12H2,1-2H3,(H,19,20,21). The third-order valence-electron chi connectivity index (χ3n) is 4.41. The molecule has 0 bridgehead atoms. The van der Waals surface area contributed by atoms with Crippen molar-refractivity contribution in [1.29, 1.82) is 0 Å². The summed E-state index contributed by atoms with van der Waals surface area (Å²) in [5, 5.41) is 2.70. The van der Waals surface area contributed by atoms with Gasteiger partial charge in [-0.3, -0.25) is 4.79 Å². The lowest BCUT2D eigenvalue weighted by molar-refractivity contribution is -0.134. The highest BCUT2D eigenvalue weighted by molar-refractivity contribution is 7.91. The van der Waals surface area contributed by atoms with Crippen molar-refractivity contribution in [2.45, 2.75) is 18.9 Å². The molecule has 1 fully saturated rings. The highest BCUT2D eigenvalue weighted by Gasteiger charge is 2.48. The number of carbonyl (C=O) groups excluding carboxylic acids is 1. The lowest BCUT2D eigenvalue weighted by Crippen LogP contribution is -2.46. The van der Waals surface area contributed by atoms with Crippen LogP contribution >= 0.6 is 0 Å². The number of benzene rings is 1. The molecule has 25 heavy (non-hydrogen) atoms. The molecule has 0 spiro atoms. The van der Waals surface area contributed by atoms with Gasteiger partial charge in [-0.05, 0) is 19.1 Å². The van der Waals surface area contributed by atoms with Gasteiger partial charge in [0.15, 0.2) is 15.4 Å². The SMILES string of the molecule is COC1(C(=O)Nc2cccc(-c3ccc(C)cc3)n2)CCS(=O)(=O)C1. The van der Waals surface area contributed by atoms with E-state index in [0.717, 1.165) is 16.8 Å². The van der Waals surface area contributed by atoms with Gasteiger partial charge in [-0.15, -0.1) is 0 Å². The molecule has 1 unspecified atom stereocenters. The Kier molecular flexibility index (Phi) is 4.62. The fourth-order valence-electron chi connectivity index (χ4n) is 2.87. The lowest BCUT2D eigenvalue weighted by Gasteiger charge is -2.24. The maximum Gasteiger partial charge on any atom is 0.258 e. The Morgan fingerprint density at radius 1 is 1.20 bits per heavy atom. The van der Waals surface area contributed by atoms with Crippen LogP contribution in [0.1, 0.15) is 12.0 Å². The summed E-state index contributed by atoms with van der Waals surface area (Å²) in [6, 6.07) is 13.2. The van der Waals surface area contributed by atoms with Crippen LogP contribution in [0.4, 0.5) is 5.82 Å². The Hall–Kier alpha value is -2.25. The van der Waals surface area contributed by atoms with E-state index >= 15 is 0 Å². The van der Waals surface area contributed by atoms with Crippen molar-refractivity contribution >= 4 is 21.6 Å². The molecular weight excluding hydrogens is 340 g/mol. The number of nitrogens with zero attached hydrogens (tertiary/aromatic N) is 1. The summed E-state index contributed by atoms with van der Waals surface area (Å²) in [4.78, 5) is 17.1. The average Bonchev–Trinajstić information content (AvgIpc) is 2.92. The van der Waals surface area contributed by atoms with Crippen molar-refractivity contribution in [3.63, 3.8) is 0 Å². The maximum absolute atomic E-state index is 12.6. The fraction of sp³-hybridized carbons (Fsp3) is 0.333. The zero-order valence-electron chi connectivity index (χ0n) is 14.2. The maximum atomic E-state index is 12.6. The van der Waals surface area contributed by atoms with Crippen LogP contribution in [0.2, 0.25) is 0 Å². The smallest absolute Gasteiger partial charge is 0.258 e. The second kappa shape index (κ2) is 6.57. The van der Waals surface area contributed by atoms with Gasteiger partial charge in [-0.2, -0.15) is 0 Å². The van der Waals surface area contributed by atoms with Gasteiger partial charge >= 0.3 is 0 Å². The van der Waals surface area contributed by atoms with Crippen LogP contribution in [0.3, 0.4) is 0 Å². The predicted molar refractivity (Wildman–Crippen MR) is 96.1 cm³/mol. The summed E-state index contributed by atoms with van der Waals surface area (Å²) >= 11 is 0. The van der Waals surface area contributed by atoms with Crippen LogP contribution in [-0.2, 0) is 19.4 Å². The first-order valence-electron chi connectivity index (χ1n) is 7.95. The monoisotopic (exact) mass is 360 g/mol. The van der Waals surface area contributed by atoms with E-state index in [1.165, 1.54) is 7.11 Å². The zero-order chi connectivity index (χ0) is 18.1. The summed E-state index contributed by atoms with van der Waals surface area (Å²) in [6.45, 7) is 2.01. The minimum absolute atomic E-state index is 0.0505. The molecule has 7 heteroatoms. The molecule has 1 aromatic carbocycles. The van der Waals surface area contributed by atoms with Gasteiger partial charge in [0.1, 0.15) is 5.82 Å². The molecule has 1 N–H and O–H groups in total. The number of pyridine rings is 1. The third kappa shape index (κ3) is 3.72. The molecule has 3 rings (SSSR count). The number of amides is 1. The van der Waals surface area contributed by atoms with E-state index in [1.54, 1.807) is 12.1 Å².